The second-order valence-corrected chi connectivity index (χ2v) is 14.7. The number of pyridine rings is 1. The van der Waals surface area contributed by atoms with Gasteiger partial charge >= 0.3 is 0 Å². The molecule has 1 aliphatic heterocycles. The van der Waals surface area contributed by atoms with E-state index in [1.165, 1.54) is 11.8 Å². The molecule has 1 fully saturated rings. The minimum Gasteiger partial charge on any atom is -0.431 e. The lowest BCUT2D eigenvalue weighted by atomic mass is 9.91. The minimum absolute atomic E-state index is 0.0103. The van der Waals surface area contributed by atoms with E-state index in [2.05, 4.69) is 35.4 Å². The first-order valence-electron chi connectivity index (χ1n) is 18.7. The van der Waals surface area contributed by atoms with E-state index >= 15 is 0 Å². The Morgan fingerprint density at radius 1 is 0.750 bits per heavy atom. The van der Waals surface area contributed by atoms with Gasteiger partial charge in [-0.3, -0.25) is 9.78 Å². The van der Waals surface area contributed by atoms with Crippen molar-refractivity contribution < 1.29 is 23.8 Å². The highest BCUT2D eigenvalue weighted by molar-refractivity contribution is 7.99. The normalized spacial score (nSPS) is 18.0. The summed E-state index contributed by atoms with van der Waals surface area (Å²) >= 11 is 1.54. The van der Waals surface area contributed by atoms with Gasteiger partial charge in [-0.25, -0.2) is 4.98 Å². The van der Waals surface area contributed by atoms with E-state index in [1.54, 1.807) is 24.5 Å². The molecular weight excluding hydrogens is 719 g/mol. The zero-order valence-electron chi connectivity index (χ0n) is 30.8. The van der Waals surface area contributed by atoms with Crippen LogP contribution in [0.25, 0.3) is 33.7 Å². The van der Waals surface area contributed by atoms with Crippen molar-refractivity contribution in [3.8, 4) is 33.7 Å². The van der Waals surface area contributed by atoms with E-state index in [-0.39, 0.29) is 30.6 Å². The highest BCUT2D eigenvalue weighted by atomic mass is 32.2. The van der Waals surface area contributed by atoms with E-state index in [9.17, 15) is 9.90 Å². The van der Waals surface area contributed by atoms with Crippen LogP contribution in [0.4, 0.5) is 0 Å². The standard InChI is InChI=1S/C47H41N3O5S/c1-31-41(30-56-47-50-42(34-11-4-2-5-12-34)44(55-47)35-13-6-3-7-14-35)53-46(54-43(31)36-20-18-32(29-51)19-21-36)37-24-22-33(23-25-37)40-17-9-8-15-38(40)28-49-45(52)39-16-10-26-48-27-39/h2-27,31,41,43,46,51H,28-30H2,1H3,(H,49,52). The molecule has 3 heterocycles. The first kappa shape index (κ1) is 37.1. The average Bonchev–Trinajstić information content (AvgIpc) is 3.71. The molecule has 2 aromatic heterocycles. The molecule has 8 rings (SSSR count). The summed E-state index contributed by atoms with van der Waals surface area (Å²) < 4.78 is 20.0. The number of nitrogens with one attached hydrogen (secondary N) is 1. The molecule has 8 nitrogen and oxygen atoms in total. The van der Waals surface area contributed by atoms with Crippen LogP contribution in [0.2, 0.25) is 0 Å². The van der Waals surface area contributed by atoms with Crippen molar-refractivity contribution in [1.82, 2.24) is 15.3 Å². The van der Waals surface area contributed by atoms with Gasteiger partial charge in [0.2, 0.25) is 0 Å². The number of nitrogens with zero attached hydrogens (tertiary/aromatic N) is 2. The number of carbonyl (C=O) groups is 1. The fraction of sp³-hybridized carbons (Fsp3) is 0.170. The molecule has 0 aliphatic carbocycles. The predicted octanol–water partition coefficient (Wildman–Crippen LogP) is 10.1. The van der Waals surface area contributed by atoms with Crippen LogP contribution in [-0.2, 0) is 22.6 Å². The number of carbonyl (C=O) groups excluding carboxylic acids is 1. The number of benzene rings is 5. The molecule has 56 heavy (non-hydrogen) atoms. The lowest BCUT2D eigenvalue weighted by Crippen LogP contribution is -2.38. The van der Waals surface area contributed by atoms with Crippen LogP contribution in [-0.4, -0.2) is 32.8 Å². The first-order chi connectivity index (χ1) is 27.5. The number of aromatic nitrogens is 2. The van der Waals surface area contributed by atoms with Crippen LogP contribution in [0.15, 0.2) is 168 Å². The van der Waals surface area contributed by atoms with Gasteiger partial charge in [0.1, 0.15) is 5.69 Å². The van der Waals surface area contributed by atoms with Crippen LogP contribution < -0.4 is 5.32 Å². The van der Waals surface area contributed by atoms with Crippen LogP contribution in [0.3, 0.4) is 0 Å². The van der Waals surface area contributed by atoms with Gasteiger partial charge in [-0.05, 0) is 39.9 Å². The van der Waals surface area contributed by atoms with Gasteiger partial charge in [0.25, 0.3) is 11.1 Å². The number of rotatable bonds is 12. The number of hydrogen-bond donors (Lipinski definition) is 2. The summed E-state index contributed by atoms with van der Waals surface area (Å²) in [5.41, 5.74) is 9.07. The summed E-state index contributed by atoms with van der Waals surface area (Å²) in [4.78, 5) is 21.8. The number of hydrogen-bond acceptors (Lipinski definition) is 8. The van der Waals surface area contributed by atoms with Crippen molar-refractivity contribution in [2.24, 2.45) is 5.92 Å². The SMILES string of the molecule is CC1C(CSc2nc(-c3ccccc3)c(-c3ccccc3)o2)OC(c2ccc(-c3ccccc3CNC(=O)c3cccnc3)cc2)OC1c1ccc(CO)cc1. The second-order valence-electron chi connectivity index (χ2n) is 13.7. The Morgan fingerprint density at radius 2 is 1.45 bits per heavy atom. The number of ether oxygens (including phenoxy) is 2. The Kier molecular flexibility index (Phi) is 11.5. The Bertz CT molecular complexity index is 2300. The maximum Gasteiger partial charge on any atom is 0.256 e. The van der Waals surface area contributed by atoms with Crippen LogP contribution in [0, 0.1) is 5.92 Å². The molecule has 1 saturated heterocycles. The van der Waals surface area contributed by atoms with E-state index < -0.39 is 6.29 Å². The molecule has 2 N–H and O–H groups in total. The van der Waals surface area contributed by atoms with Crippen LogP contribution >= 0.6 is 11.8 Å². The van der Waals surface area contributed by atoms with Gasteiger partial charge in [-0.1, -0.05) is 152 Å². The fourth-order valence-electron chi connectivity index (χ4n) is 6.95. The molecule has 280 valence electrons. The summed E-state index contributed by atoms with van der Waals surface area (Å²) in [5, 5.41) is 13.3. The largest absolute Gasteiger partial charge is 0.431 e. The minimum atomic E-state index is -0.633. The van der Waals surface area contributed by atoms with Gasteiger partial charge < -0.3 is 24.3 Å². The number of aliphatic hydroxyl groups is 1. The maximum atomic E-state index is 12.8. The molecule has 0 bridgehead atoms. The molecule has 9 heteroatoms. The third-order valence-electron chi connectivity index (χ3n) is 10.1. The molecule has 1 amide bonds. The fourth-order valence-corrected chi connectivity index (χ4v) is 7.94. The van der Waals surface area contributed by atoms with Crippen molar-refractivity contribution in [2.45, 2.75) is 43.8 Å². The van der Waals surface area contributed by atoms with E-state index in [0.29, 0.717) is 23.1 Å². The van der Waals surface area contributed by atoms with Crippen molar-refractivity contribution in [3.05, 3.63) is 186 Å². The molecule has 0 radical (unpaired) electrons. The maximum absolute atomic E-state index is 12.8. The Hall–Kier alpha value is -5.84. The van der Waals surface area contributed by atoms with Gasteiger partial charge in [-0.2, -0.15) is 0 Å². The smallest absolute Gasteiger partial charge is 0.256 e. The molecule has 1 aliphatic rings. The van der Waals surface area contributed by atoms with Gasteiger partial charge in [0.15, 0.2) is 12.1 Å². The van der Waals surface area contributed by atoms with Gasteiger partial charge in [0.05, 0.1) is 24.4 Å². The summed E-state index contributed by atoms with van der Waals surface area (Å²) in [6.45, 7) is 2.50. The molecule has 5 aromatic carbocycles. The average molecular weight is 760 g/mol. The first-order valence-corrected chi connectivity index (χ1v) is 19.6. The van der Waals surface area contributed by atoms with E-state index in [4.69, 9.17) is 18.9 Å². The van der Waals surface area contributed by atoms with Crippen molar-refractivity contribution in [3.63, 3.8) is 0 Å². The summed E-state index contributed by atoms with van der Waals surface area (Å²) in [6, 6.07) is 47.9. The topological polar surface area (TPSA) is 107 Å². The summed E-state index contributed by atoms with van der Waals surface area (Å²) in [6.07, 6.45) is 2.10. The van der Waals surface area contributed by atoms with Crippen LogP contribution in [0.5, 0.6) is 0 Å². The highest BCUT2D eigenvalue weighted by Gasteiger charge is 2.39. The Balaban J connectivity index is 1.04. The third-order valence-corrected chi connectivity index (χ3v) is 11.0. The van der Waals surface area contributed by atoms with Crippen molar-refractivity contribution in [2.75, 3.05) is 5.75 Å². The molecule has 4 unspecified atom stereocenters. The molecule has 0 saturated carbocycles. The Labute approximate surface area is 330 Å². The summed E-state index contributed by atoms with van der Waals surface area (Å²) in [7, 11) is 0. The monoisotopic (exact) mass is 759 g/mol. The van der Waals surface area contributed by atoms with E-state index in [0.717, 1.165) is 56.0 Å². The molecule has 0 spiro atoms. The molecule has 4 atom stereocenters. The van der Waals surface area contributed by atoms with Crippen molar-refractivity contribution >= 4 is 17.7 Å². The molecular formula is C47H41N3O5S. The zero-order valence-corrected chi connectivity index (χ0v) is 31.6. The van der Waals surface area contributed by atoms with Crippen LogP contribution in [0.1, 0.15) is 51.9 Å². The quantitative estimate of drug-likeness (QED) is 0.119. The van der Waals surface area contributed by atoms with Crippen molar-refractivity contribution in [1.29, 1.82) is 0 Å². The van der Waals surface area contributed by atoms with Gasteiger partial charge in [-0.15, -0.1) is 0 Å². The number of amides is 1. The summed E-state index contributed by atoms with van der Waals surface area (Å²) in [5.74, 6) is 1.14. The Morgan fingerprint density at radius 3 is 2.16 bits per heavy atom. The molecule has 7 aromatic rings. The predicted molar refractivity (Wildman–Crippen MR) is 218 cm³/mol. The lowest BCUT2D eigenvalue weighted by Gasteiger charge is -2.41. The third kappa shape index (κ3) is 8.36. The van der Waals surface area contributed by atoms with E-state index in [1.807, 2.05) is 115 Å². The number of thioether (sulfide) groups is 1. The zero-order chi connectivity index (χ0) is 38.3. The van der Waals surface area contributed by atoms with Gasteiger partial charge in [0, 0.05) is 47.3 Å². The highest BCUT2D eigenvalue weighted by Crippen LogP contribution is 2.44. The number of oxazole rings is 1. The second kappa shape index (κ2) is 17.3. The number of aliphatic hydroxyl groups excluding tert-OH is 1. The lowest BCUT2D eigenvalue weighted by molar-refractivity contribution is -0.268.